The number of aliphatic carboxylic acids is 1. The average molecular weight is 509 g/mol. The highest BCUT2D eigenvalue weighted by molar-refractivity contribution is 6.32. The molecule has 3 rings (SSSR count). The standard InChI is InChI=1S/C25H30Cl2N2O5/c1-2-11-28(21(15-25(32)33)18-4-6-19(26)7-5-18)16-17-3-8-22(20(27)14-17)34-13-12-29-23(30)9-10-24(29)31/h3-8,14,21,23,30H,2,9-13,15-16H2,1H3,(H,32,33). The molecule has 0 radical (unpaired) electrons. The number of hydrogen-bond acceptors (Lipinski definition) is 5. The summed E-state index contributed by atoms with van der Waals surface area (Å²) in [6.07, 6.45) is 0.876. The zero-order chi connectivity index (χ0) is 24.7. The first-order valence-electron chi connectivity index (χ1n) is 11.4. The number of rotatable bonds is 12. The highest BCUT2D eigenvalue weighted by atomic mass is 35.5. The van der Waals surface area contributed by atoms with Crippen LogP contribution in [0.15, 0.2) is 42.5 Å². The van der Waals surface area contributed by atoms with E-state index in [0.717, 1.165) is 17.5 Å². The van der Waals surface area contributed by atoms with Crippen molar-refractivity contribution in [1.29, 1.82) is 0 Å². The minimum Gasteiger partial charge on any atom is -0.490 e. The molecule has 184 valence electrons. The van der Waals surface area contributed by atoms with Crippen molar-refractivity contribution in [1.82, 2.24) is 9.80 Å². The zero-order valence-electron chi connectivity index (χ0n) is 19.1. The molecule has 1 aliphatic heterocycles. The van der Waals surface area contributed by atoms with Gasteiger partial charge in [-0.1, -0.05) is 48.3 Å². The molecule has 0 aliphatic carbocycles. The molecule has 2 atom stereocenters. The number of benzene rings is 2. The summed E-state index contributed by atoms with van der Waals surface area (Å²) < 4.78 is 5.74. The van der Waals surface area contributed by atoms with E-state index in [1.165, 1.54) is 4.90 Å². The number of hydrogen-bond donors (Lipinski definition) is 2. The predicted molar refractivity (Wildman–Crippen MR) is 131 cm³/mol. The largest absolute Gasteiger partial charge is 0.490 e. The second kappa shape index (κ2) is 12.4. The van der Waals surface area contributed by atoms with E-state index in [1.54, 1.807) is 18.2 Å². The molecule has 0 bridgehead atoms. The summed E-state index contributed by atoms with van der Waals surface area (Å²) in [4.78, 5) is 26.9. The van der Waals surface area contributed by atoms with Crippen molar-refractivity contribution >= 4 is 35.1 Å². The van der Waals surface area contributed by atoms with E-state index in [0.29, 0.717) is 48.3 Å². The quantitative estimate of drug-likeness (QED) is 0.430. The first-order valence-corrected chi connectivity index (χ1v) is 12.1. The number of carbonyl (C=O) groups excluding carboxylic acids is 1. The van der Waals surface area contributed by atoms with Crippen LogP contribution >= 0.6 is 23.2 Å². The first-order chi connectivity index (χ1) is 16.3. The normalized spacial score (nSPS) is 16.8. The molecule has 2 aromatic carbocycles. The molecule has 1 aliphatic rings. The number of ether oxygens (including phenoxy) is 1. The van der Waals surface area contributed by atoms with Gasteiger partial charge in [-0.25, -0.2) is 0 Å². The molecular formula is C25H30Cl2N2O5. The summed E-state index contributed by atoms with van der Waals surface area (Å²) in [7, 11) is 0. The van der Waals surface area contributed by atoms with Gasteiger partial charge in [-0.05, 0) is 48.4 Å². The van der Waals surface area contributed by atoms with Gasteiger partial charge in [-0.3, -0.25) is 14.5 Å². The van der Waals surface area contributed by atoms with Gasteiger partial charge < -0.3 is 19.8 Å². The Kier molecular flexibility index (Phi) is 9.59. The molecule has 0 spiro atoms. The van der Waals surface area contributed by atoms with E-state index in [-0.39, 0.29) is 25.0 Å². The topological polar surface area (TPSA) is 90.3 Å². The number of aliphatic hydroxyl groups excluding tert-OH is 1. The number of aliphatic hydroxyl groups is 1. The lowest BCUT2D eigenvalue weighted by molar-refractivity contribution is -0.138. The molecule has 1 saturated heterocycles. The third kappa shape index (κ3) is 7.09. The number of halogens is 2. The highest BCUT2D eigenvalue weighted by Gasteiger charge is 2.28. The molecule has 9 heteroatoms. The Labute approximate surface area is 209 Å². The highest BCUT2D eigenvalue weighted by Crippen LogP contribution is 2.31. The minimum atomic E-state index is -0.871. The fourth-order valence-corrected chi connectivity index (χ4v) is 4.56. The van der Waals surface area contributed by atoms with Crippen molar-refractivity contribution in [2.24, 2.45) is 0 Å². The second-order valence-electron chi connectivity index (χ2n) is 8.36. The maximum Gasteiger partial charge on any atom is 0.305 e. The van der Waals surface area contributed by atoms with Gasteiger partial charge in [0.1, 0.15) is 18.6 Å². The Hall–Kier alpha value is -2.32. The number of nitrogens with zero attached hydrogens (tertiary/aromatic N) is 2. The Morgan fingerprint density at radius 3 is 2.56 bits per heavy atom. The fourth-order valence-electron chi connectivity index (χ4n) is 4.18. The van der Waals surface area contributed by atoms with Gasteiger partial charge >= 0.3 is 5.97 Å². The van der Waals surface area contributed by atoms with Crippen LogP contribution in [0.5, 0.6) is 5.75 Å². The van der Waals surface area contributed by atoms with Crippen molar-refractivity contribution < 1.29 is 24.5 Å². The van der Waals surface area contributed by atoms with E-state index >= 15 is 0 Å². The van der Waals surface area contributed by atoms with Crippen molar-refractivity contribution in [2.45, 2.75) is 51.4 Å². The van der Waals surface area contributed by atoms with E-state index < -0.39 is 12.2 Å². The van der Waals surface area contributed by atoms with Gasteiger partial charge in [0.15, 0.2) is 0 Å². The van der Waals surface area contributed by atoms with E-state index in [1.807, 2.05) is 24.3 Å². The van der Waals surface area contributed by atoms with Crippen molar-refractivity contribution in [3.63, 3.8) is 0 Å². The fraction of sp³-hybridized carbons (Fsp3) is 0.440. The van der Waals surface area contributed by atoms with Gasteiger partial charge in [-0.2, -0.15) is 0 Å². The van der Waals surface area contributed by atoms with Crippen LogP contribution in [0.1, 0.15) is 49.8 Å². The van der Waals surface area contributed by atoms with Crippen LogP contribution in [0.2, 0.25) is 10.0 Å². The van der Waals surface area contributed by atoms with Gasteiger partial charge in [0, 0.05) is 30.5 Å². The van der Waals surface area contributed by atoms with Crippen molar-refractivity contribution in [2.75, 3.05) is 19.7 Å². The third-order valence-electron chi connectivity index (χ3n) is 5.84. The summed E-state index contributed by atoms with van der Waals surface area (Å²) in [5.74, 6) is -0.456. The third-order valence-corrected chi connectivity index (χ3v) is 6.39. The Morgan fingerprint density at radius 2 is 1.97 bits per heavy atom. The maximum absolute atomic E-state index is 11.8. The van der Waals surface area contributed by atoms with Gasteiger partial charge in [0.05, 0.1) is 18.0 Å². The Bertz CT molecular complexity index is 986. The zero-order valence-corrected chi connectivity index (χ0v) is 20.6. The van der Waals surface area contributed by atoms with Gasteiger partial charge in [0.25, 0.3) is 0 Å². The number of carboxylic acid groups (broad SMARTS) is 1. The number of carboxylic acids is 1. The van der Waals surface area contributed by atoms with E-state index in [2.05, 4.69) is 11.8 Å². The number of likely N-dealkylation sites (tertiary alicyclic amines) is 1. The van der Waals surface area contributed by atoms with E-state index in [9.17, 15) is 19.8 Å². The Morgan fingerprint density at radius 1 is 1.24 bits per heavy atom. The molecule has 2 unspecified atom stereocenters. The summed E-state index contributed by atoms with van der Waals surface area (Å²) in [5.41, 5.74) is 1.82. The van der Waals surface area contributed by atoms with Crippen LogP contribution in [0.4, 0.5) is 0 Å². The summed E-state index contributed by atoms with van der Waals surface area (Å²) >= 11 is 12.5. The lowest BCUT2D eigenvalue weighted by atomic mass is 10.0. The summed E-state index contributed by atoms with van der Waals surface area (Å²) in [6, 6.07) is 12.5. The molecule has 34 heavy (non-hydrogen) atoms. The molecular weight excluding hydrogens is 479 g/mol. The molecule has 1 amide bonds. The molecule has 0 aromatic heterocycles. The van der Waals surface area contributed by atoms with Crippen LogP contribution in [0.25, 0.3) is 0 Å². The maximum atomic E-state index is 11.8. The monoisotopic (exact) mass is 508 g/mol. The molecule has 7 nitrogen and oxygen atoms in total. The van der Waals surface area contributed by atoms with Crippen LogP contribution in [-0.4, -0.2) is 57.8 Å². The lowest BCUT2D eigenvalue weighted by Gasteiger charge is -2.31. The summed E-state index contributed by atoms with van der Waals surface area (Å²) in [5, 5.41) is 20.4. The second-order valence-corrected chi connectivity index (χ2v) is 9.20. The SMILES string of the molecule is CCCN(Cc1ccc(OCCN2C(=O)CCC2O)c(Cl)c1)C(CC(=O)O)c1ccc(Cl)cc1. The summed E-state index contributed by atoms with van der Waals surface area (Å²) in [6.45, 7) is 3.80. The minimum absolute atomic E-state index is 0.0301. The van der Waals surface area contributed by atoms with E-state index in [4.69, 9.17) is 27.9 Å². The molecule has 1 fully saturated rings. The van der Waals surface area contributed by atoms with Crippen molar-refractivity contribution in [3.05, 3.63) is 63.6 Å². The lowest BCUT2D eigenvalue weighted by Crippen LogP contribution is -2.36. The van der Waals surface area contributed by atoms with Crippen LogP contribution in [-0.2, 0) is 16.1 Å². The number of amides is 1. The van der Waals surface area contributed by atoms with Crippen LogP contribution < -0.4 is 4.74 Å². The van der Waals surface area contributed by atoms with Crippen LogP contribution in [0, 0.1) is 0 Å². The van der Waals surface area contributed by atoms with Gasteiger partial charge in [0.2, 0.25) is 5.91 Å². The Balaban J connectivity index is 1.69. The predicted octanol–water partition coefficient (Wildman–Crippen LogP) is 4.74. The smallest absolute Gasteiger partial charge is 0.305 e. The molecule has 0 saturated carbocycles. The molecule has 2 N–H and O–H groups in total. The number of carbonyl (C=O) groups is 2. The van der Waals surface area contributed by atoms with Gasteiger partial charge in [-0.15, -0.1) is 0 Å². The van der Waals surface area contributed by atoms with Crippen molar-refractivity contribution in [3.8, 4) is 5.75 Å². The first kappa shape index (κ1) is 26.3. The average Bonchev–Trinajstić information content (AvgIpc) is 3.11. The molecule has 2 aromatic rings. The molecule has 1 heterocycles. The van der Waals surface area contributed by atoms with Crippen LogP contribution in [0.3, 0.4) is 0 Å².